The van der Waals surface area contributed by atoms with Gasteiger partial charge in [-0.3, -0.25) is 9.69 Å². The van der Waals surface area contributed by atoms with Crippen molar-refractivity contribution in [2.24, 2.45) is 0 Å². The molecule has 0 aromatic carbocycles. The quantitative estimate of drug-likeness (QED) is 0.777. The van der Waals surface area contributed by atoms with Crippen molar-refractivity contribution < 1.29 is 4.79 Å². The van der Waals surface area contributed by atoms with Gasteiger partial charge in [0.25, 0.3) is 0 Å². The molecule has 5 nitrogen and oxygen atoms in total. The number of likely N-dealkylation sites (tertiary alicyclic amines) is 1. The average molecular weight is 282 g/mol. The Morgan fingerprint density at radius 1 is 1.25 bits per heavy atom. The molecular formula is C15H30N4O. The molecule has 116 valence electrons. The highest BCUT2D eigenvalue weighted by Crippen LogP contribution is 2.20. The summed E-state index contributed by atoms with van der Waals surface area (Å²) >= 11 is 0. The van der Waals surface area contributed by atoms with Gasteiger partial charge in [0.15, 0.2) is 0 Å². The van der Waals surface area contributed by atoms with Gasteiger partial charge in [0.1, 0.15) is 6.04 Å². The Kier molecular flexibility index (Phi) is 6.26. The van der Waals surface area contributed by atoms with Crippen molar-refractivity contribution in [3.05, 3.63) is 0 Å². The summed E-state index contributed by atoms with van der Waals surface area (Å²) < 4.78 is 0. The molecule has 20 heavy (non-hydrogen) atoms. The summed E-state index contributed by atoms with van der Waals surface area (Å²) in [5.41, 5.74) is 0. The van der Waals surface area contributed by atoms with Gasteiger partial charge in [-0.15, -0.1) is 0 Å². The monoisotopic (exact) mass is 282 g/mol. The first-order valence-corrected chi connectivity index (χ1v) is 8.22. The normalized spacial score (nSPS) is 29.9. The summed E-state index contributed by atoms with van der Waals surface area (Å²) in [4.78, 5) is 17.2. The van der Waals surface area contributed by atoms with Gasteiger partial charge in [-0.2, -0.15) is 0 Å². The Hall–Kier alpha value is -0.650. The zero-order valence-electron chi connectivity index (χ0n) is 13.0. The Bertz CT molecular complexity index is 310. The van der Waals surface area contributed by atoms with Gasteiger partial charge in [-0.1, -0.05) is 6.92 Å². The summed E-state index contributed by atoms with van der Waals surface area (Å²) in [5.74, 6) is 0.191. The zero-order chi connectivity index (χ0) is 14.4. The van der Waals surface area contributed by atoms with Crippen molar-refractivity contribution in [1.29, 1.82) is 0 Å². The predicted molar refractivity (Wildman–Crippen MR) is 81.8 cm³/mol. The molecule has 2 N–H and O–H groups in total. The molecule has 0 aromatic rings. The summed E-state index contributed by atoms with van der Waals surface area (Å²) in [6, 6.07) is 0.586. The Labute approximate surface area is 123 Å². The van der Waals surface area contributed by atoms with E-state index in [1.807, 2.05) is 6.92 Å². The van der Waals surface area contributed by atoms with E-state index < -0.39 is 0 Å². The molecule has 0 spiro atoms. The summed E-state index contributed by atoms with van der Waals surface area (Å²) in [7, 11) is 0. The first-order valence-electron chi connectivity index (χ1n) is 8.22. The minimum atomic E-state index is 0.0156. The number of nitrogens with one attached hydrogen (secondary N) is 2. The Morgan fingerprint density at radius 3 is 2.85 bits per heavy atom. The van der Waals surface area contributed by atoms with Crippen LogP contribution in [0.3, 0.4) is 0 Å². The van der Waals surface area contributed by atoms with Crippen LogP contribution in [0.4, 0.5) is 0 Å². The molecule has 5 heteroatoms. The maximum Gasteiger partial charge on any atom is 0.238 e. The van der Waals surface area contributed by atoms with E-state index in [1.165, 1.54) is 32.4 Å². The molecule has 2 unspecified atom stereocenters. The summed E-state index contributed by atoms with van der Waals surface area (Å²) in [6.07, 6.45) is 3.68. The van der Waals surface area contributed by atoms with Crippen LogP contribution in [0.15, 0.2) is 0 Å². The lowest BCUT2D eigenvalue weighted by Crippen LogP contribution is -2.60. The van der Waals surface area contributed by atoms with Crippen LogP contribution in [0.2, 0.25) is 0 Å². The molecule has 2 fully saturated rings. The minimum absolute atomic E-state index is 0.0156. The second kappa shape index (κ2) is 7.96. The topological polar surface area (TPSA) is 47.6 Å². The SMILES string of the molecule is CCNC(=O)C1CNCCN1C1CCCN(CC)CC1. The number of rotatable bonds is 4. The van der Waals surface area contributed by atoms with Crippen LogP contribution in [0.5, 0.6) is 0 Å². The van der Waals surface area contributed by atoms with Crippen LogP contribution in [-0.2, 0) is 4.79 Å². The zero-order valence-corrected chi connectivity index (χ0v) is 13.0. The Morgan fingerprint density at radius 2 is 2.10 bits per heavy atom. The van der Waals surface area contributed by atoms with E-state index in [0.29, 0.717) is 6.04 Å². The van der Waals surface area contributed by atoms with Gasteiger partial charge in [0, 0.05) is 32.2 Å². The predicted octanol–water partition coefficient (Wildman–Crippen LogP) is 0.271. The van der Waals surface area contributed by atoms with E-state index in [0.717, 1.165) is 32.7 Å². The first kappa shape index (κ1) is 15.7. The maximum atomic E-state index is 12.3. The highest BCUT2D eigenvalue weighted by Gasteiger charge is 2.33. The third kappa shape index (κ3) is 3.93. The lowest BCUT2D eigenvalue weighted by atomic mass is 10.0. The number of nitrogens with zero attached hydrogens (tertiary/aromatic N) is 2. The number of piperazine rings is 1. The fourth-order valence-corrected chi connectivity index (χ4v) is 3.48. The maximum absolute atomic E-state index is 12.3. The van der Waals surface area contributed by atoms with Gasteiger partial charge < -0.3 is 15.5 Å². The van der Waals surface area contributed by atoms with E-state index in [9.17, 15) is 4.79 Å². The third-order valence-corrected chi connectivity index (χ3v) is 4.64. The van der Waals surface area contributed by atoms with E-state index >= 15 is 0 Å². The summed E-state index contributed by atoms with van der Waals surface area (Å²) in [6.45, 7) is 11.3. The number of likely N-dealkylation sites (N-methyl/N-ethyl adjacent to an activating group) is 1. The fraction of sp³-hybridized carbons (Fsp3) is 0.933. The fourth-order valence-electron chi connectivity index (χ4n) is 3.48. The number of carbonyl (C=O) groups excluding carboxylic acids is 1. The van der Waals surface area contributed by atoms with Gasteiger partial charge >= 0.3 is 0 Å². The van der Waals surface area contributed by atoms with Gasteiger partial charge in [0.05, 0.1) is 0 Å². The second-order valence-corrected chi connectivity index (χ2v) is 5.87. The lowest BCUT2D eigenvalue weighted by Gasteiger charge is -2.40. The molecule has 0 radical (unpaired) electrons. The molecule has 1 amide bonds. The molecule has 2 rings (SSSR count). The molecule has 2 saturated heterocycles. The number of hydrogen-bond donors (Lipinski definition) is 2. The van der Waals surface area contributed by atoms with Crippen molar-refractivity contribution in [2.45, 2.75) is 45.2 Å². The summed E-state index contributed by atoms with van der Waals surface area (Å²) in [5, 5.41) is 6.35. The molecule has 0 aliphatic carbocycles. The van der Waals surface area contributed by atoms with E-state index in [-0.39, 0.29) is 11.9 Å². The van der Waals surface area contributed by atoms with Crippen LogP contribution < -0.4 is 10.6 Å². The highest BCUT2D eigenvalue weighted by atomic mass is 16.2. The van der Waals surface area contributed by atoms with Crippen LogP contribution in [0.1, 0.15) is 33.1 Å². The number of amides is 1. The molecule has 0 saturated carbocycles. The smallest absolute Gasteiger partial charge is 0.238 e. The standard InChI is InChI=1S/C15H30N4O/c1-3-17-15(20)14-12-16-8-11-19(14)13-6-5-9-18(4-2)10-7-13/h13-14,16H,3-12H2,1-2H3,(H,17,20). The van der Waals surface area contributed by atoms with E-state index in [2.05, 4.69) is 27.4 Å². The van der Waals surface area contributed by atoms with Crippen LogP contribution in [-0.4, -0.2) is 73.6 Å². The largest absolute Gasteiger partial charge is 0.355 e. The van der Waals surface area contributed by atoms with Crippen LogP contribution in [0.25, 0.3) is 0 Å². The van der Waals surface area contributed by atoms with Crippen molar-refractivity contribution in [1.82, 2.24) is 20.4 Å². The number of hydrogen-bond acceptors (Lipinski definition) is 4. The van der Waals surface area contributed by atoms with Gasteiger partial charge in [0.2, 0.25) is 5.91 Å². The van der Waals surface area contributed by atoms with Gasteiger partial charge in [-0.25, -0.2) is 0 Å². The second-order valence-electron chi connectivity index (χ2n) is 5.87. The molecular weight excluding hydrogens is 252 g/mol. The average Bonchev–Trinajstić information content (AvgIpc) is 2.73. The first-order chi connectivity index (χ1) is 9.76. The van der Waals surface area contributed by atoms with E-state index in [1.54, 1.807) is 0 Å². The van der Waals surface area contributed by atoms with Crippen LogP contribution >= 0.6 is 0 Å². The van der Waals surface area contributed by atoms with Crippen molar-refractivity contribution in [3.8, 4) is 0 Å². The lowest BCUT2D eigenvalue weighted by molar-refractivity contribution is -0.128. The molecule has 2 aliphatic rings. The molecule has 2 atom stereocenters. The molecule has 2 aliphatic heterocycles. The highest BCUT2D eigenvalue weighted by molar-refractivity contribution is 5.82. The van der Waals surface area contributed by atoms with Crippen molar-refractivity contribution in [2.75, 3.05) is 45.8 Å². The van der Waals surface area contributed by atoms with Crippen molar-refractivity contribution in [3.63, 3.8) is 0 Å². The molecule has 0 bridgehead atoms. The van der Waals surface area contributed by atoms with E-state index in [4.69, 9.17) is 0 Å². The minimum Gasteiger partial charge on any atom is -0.355 e. The van der Waals surface area contributed by atoms with Gasteiger partial charge in [-0.05, 0) is 45.8 Å². The third-order valence-electron chi connectivity index (χ3n) is 4.64. The van der Waals surface area contributed by atoms with Crippen LogP contribution in [0, 0.1) is 0 Å². The molecule has 0 aromatic heterocycles. The Balaban J connectivity index is 1.98. The number of carbonyl (C=O) groups is 1. The van der Waals surface area contributed by atoms with Crippen molar-refractivity contribution >= 4 is 5.91 Å². The molecule has 2 heterocycles.